The lowest BCUT2D eigenvalue weighted by Crippen LogP contribution is -2.40. The van der Waals surface area contributed by atoms with Crippen molar-refractivity contribution in [2.45, 2.75) is 31.7 Å². The Balaban J connectivity index is 1.23. The molecule has 0 bridgehead atoms. The molecular weight excluding hydrogens is 510 g/mol. The molecule has 2 aliphatic heterocycles. The Morgan fingerprint density at radius 2 is 1.60 bits per heavy atom. The number of rotatable bonds is 5. The van der Waals surface area contributed by atoms with Crippen molar-refractivity contribution in [1.29, 1.82) is 0 Å². The van der Waals surface area contributed by atoms with Gasteiger partial charge in [-0.1, -0.05) is 12.1 Å². The molecule has 1 atom stereocenters. The van der Waals surface area contributed by atoms with Gasteiger partial charge in [0.1, 0.15) is 11.5 Å². The second-order valence-corrected chi connectivity index (χ2v) is 10.3. The van der Waals surface area contributed by atoms with E-state index in [-0.39, 0.29) is 29.8 Å². The molecule has 1 saturated heterocycles. The molecule has 1 N–H and O–H groups in total. The van der Waals surface area contributed by atoms with Crippen molar-refractivity contribution in [3.63, 3.8) is 0 Å². The van der Waals surface area contributed by atoms with Gasteiger partial charge in [-0.25, -0.2) is 9.50 Å². The average Bonchev–Trinajstić information content (AvgIpc) is 3.45. The summed E-state index contributed by atoms with van der Waals surface area (Å²) < 4.78 is 12.0. The molecule has 2 aromatic heterocycles. The van der Waals surface area contributed by atoms with E-state index in [0.29, 0.717) is 59.9 Å². The van der Waals surface area contributed by atoms with Crippen molar-refractivity contribution < 1.29 is 19.1 Å². The van der Waals surface area contributed by atoms with Crippen LogP contribution in [-0.2, 0) is 13.0 Å². The molecule has 4 heterocycles. The van der Waals surface area contributed by atoms with Crippen molar-refractivity contribution in [2.75, 3.05) is 33.9 Å². The van der Waals surface area contributed by atoms with Crippen LogP contribution in [0.15, 0.2) is 59.4 Å². The number of nitrogens with zero attached hydrogens (tertiary/aromatic N) is 4. The molecule has 0 aliphatic carbocycles. The highest BCUT2D eigenvalue weighted by Gasteiger charge is 2.29. The fraction of sp³-hybridized carbons (Fsp3) is 0.333. The van der Waals surface area contributed by atoms with Crippen LogP contribution in [0, 0.1) is 0 Å². The number of carbonyl (C=O) groups excluding carboxylic acids is 2. The monoisotopic (exact) mass is 541 g/mol. The Kier molecular flexibility index (Phi) is 6.75. The number of aromatic amines is 1. The normalized spacial score (nSPS) is 17.0. The van der Waals surface area contributed by atoms with Gasteiger partial charge in [-0.2, -0.15) is 0 Å². The van der Waals surface area contributed by atoms with Crippen LogP contribution in [0.1, 0.15) is 56.4 Å². The van der Waals surface area contributed by atoms with E-state index in [2.05, 4.69) is 5.10 Å². The van der Waals surface area contributed by atoms with Gasteiger partial charge in [-0.3, -0.25) is 19.5 Å². The van der Waals surface area contributed by atoms with Crippen molar-refractivity contribution >= 4 is 17.5 Å². The average molecular weight is 542 g/mol. The highest BCUT2D eigenvalue weighted by molar-refractivity contribution is 5.95. The van der Waals surface area contributed by atoms with E-state index in [0.717, 1.165) is 24.2 Å². The third kappa shape index (κ3) is 4.70. The molecular formula is C30H31N5O5. The minimum absolute atomic E-state index is 0.0359. The lowest BCUT2D eigenvalue weighted by molar-refractivity contribution is 0.0703. The number of methoxy groups -OCH3 is 2. The van der Waals surface area contributed by atoms with E-state index in [9.17, 15) is 14.4 Å². The number of amides is 2. The number of nitrogens with one attached hydrogen (secondary N) is 1. The molecule has 40 heavy (non-hydrogen) atoms. The molecule has 6 rings (SSSR count). The first-order valence-electron chi connectivity index (χ1n) is 13.4. The summed E-state index contributed by atoms with van der Waals surface area (Å²) in [6.45, 7) is 1.89. The largest absolute Gasteiger partial charge is 0.497 e. The summed E-state index contributed by atoms with van der Waals surface area (Å²) in [6, 6.07) is 16.1. The first kappa shape index (κ1) is 25.7. The number of carbonyl (C=O) groups is 2. The molecule has 1 unspecified atom stereocenters. The lowest BCUT2D eigenvalue weighted by Gasteiger charge is -2.32. The zero-order valence-corrected chi connectivity index (χ0v) is 22.6. The molecule has 0 saturated carbocycles. The first-order valence-corrected chi connectivity index (χ1v) is 13.4. The molecule has 206 valence electrons. The van der Waals surface area contributed by atoms with Crippen LogP contribution < -0.4 is 15.0 Å². The molecule has 0 radical (unpaired) electrons. The van der Waals surface area contributed by atoms with Gasteiger partial charge >= 0.3 is 0 Å². The quantitative estimate of drug-likeness (QED) is 0.416. The van der Waals surface area contributed by atoms with Gasteiger partial charge in [0.25, 0.3) is 17.4 Å². The van der Waals surface area contributed by atoms with Gasteiger partial charge in [0.05, 0.1) is 32.0 Å². The third-order valence-corrected chi connectivity index (χ3v) is 7.85. The molecule has 0 spiro atoms. The van der Waals surface area contributed by atoms with Gasteiger partial charge < -0.3 is 19.3 Å². The number of piperidine rings is 1. The second-order valence-electron chi connectivity index (χ2n) is 10.3. The number of H-pyrrole nitrogens is 1. The summed E-state index contributed by atoms with van der Waals surface area (Å²) >= 11 is 0. The van der Waals surface area contributed by atoms with Crippen LogP contribution in [0.25, 0.3) is 5.65 Å². The molecule has 4 aromatic rings. The zero-order chi connectivity index (χ0) is 27.8. The van der Waals surface area contributed by atoms with E-state index in [1.807, 2.05) is 23.1 Å². The maximum Gasteiger partial charge on any atom is 0.277 e. The minimum atomic E-state index is -0.200. The lowest BCUT2D eigenvalue weighted by atomic mass is 9.94. The van der Waals surface area contributed by atoms with Gasteiger partial charge in [0, 0.05) is 54.9 Å². The maximum atomic E-state index is 13.5. The standard InChI is InChI=1S/C30H31N5O5/c1-39-22-9-3-6-19(14-22)28(36)33-12-5-8-21(17-33)26-16-27-31-25-11-13-34(18-24(25)30(38)35(27)32-26)29(37)20-7-4-10-23(15-20)40-2/h3-4,6-7,9-10,14-16,21,32H,5,8,11-13,17-18H2,1-2H3. The Morgan fingerprint density at radius 3 is 2.27 bits per heavy atom. The van der Waals surface area contributed by atoms with Crippen LogP contribution in [0.3, 0.4) is 0 Å². The number of aromatic nitrogens is 3. The van der Waals surface area contributed by atoms with E-state index in [4.69, 9.17) is 14.5 Å². The molecule has 2 amide bonds. The van der Waals surface area contributed by atoms with E-state index in [1.165, 1.54) is 4.52 Å². The highest BCUT2D eigenvalue weighted by atomic mass is 16.5. The Labute approximate surface area is 231 Å². The summed E-state index contributed by atoms with van der Waals surface area (Å²) in [5.74, 6) is 1.12. The fourth-order valence-corrected chi connectivity index (χ4v) is 5.68. The van der Waals surface area contributed by atoms with E-state index >= 15 is 0 Å². The summed E-state index contributed by atoms with van der Waals surface area (Å²) in [7, 11) is 3.15. The predicted octanol–water partition coefficient (Wildman–Crippen LogP) is 3.26. The van der Waals surface area contributed by atoms with Crippen molar-refractivity contribution in [2.24, 2.45) is 0 Å². The smallest absolute Gasteiger partial charge is 0.277 e. The number of ether oxygens (including phenoxy) is 2. The summed E-state index contributed by atoms with van der Waals surface area (Å²) in [4.78, 5) is 48.3. The Hall–Kier alpha value is -4.60. The van der Waals surface area contributed by atoms with Crippen molar-refractivity contribution in [3.8, 4) is 11.5 Å². The number of hydrogen-bond acceptors (Lipinski definition) is 6. The van der Waals surface area contributed by atoms with Gasteiger partial charge in [0.15, 0.2) is 5.65 Å². The molecule has 1 fully saturated rings. The maximum absolute atomic E-state index is 13.5. The van der Waals surface area contributed by atoms with Gasteiger partial charge in [-0.15, -0.1) is 0 Å². The van der Waals surface area contributed by atoms with Crippen molar-refractivity contribution in [1.82, 2.24) is 24.4 Å². The van der Waals surface area contributed by atoms with Crippen LogP contribution in [0.4, 0.5) is 0 Å². The van der Waals surface area contributed by atoms with Crippen LogP contribution in [0.2, 0.25) is 0 Å². The Morgan fingerprint density at radius 1 is 0.925 bits per heavy atom. The van der Waals surface area contributed by atoms with E-state index in [1.54, 1.807) is 55.5 Å². The SMILES string of the molecule is COc1cccc(C(=O)N2CCc3nc4cc(C5CCCN(C(=O)c6cccc(OC)c6)C5)[nH]n4c(=O)c3C2)c1. The topological polar surface area (TPSA) is 109 Å². The van der Waals surface area contributed by atoms with Gasteiger partial charge in [-0.05, 0) is 49.2 Å². The van der Waals surface area contributed by atoms with Crippen LogP contribution in [-0.4, -0.2) is 70.1 Å². The van der Waals surface area contributed by atoms with Crippen LogP contribution in [0.5, 0.6) is 11.5 Å². The summed E-state index contributed by atoms with van der Waals surface area (Å²) in [5.41, 5.74) is 3.59. The molecule has 2 aliphatic rings. The number of benzene rings is 2. The van der Waals surface area contributed by atoms with Crippen molar-refractivity contribution in [3.05, 3.63) is 93.0 Å². The summed E-state index contributed by atoms with van der Waals surface area (Å²) in [5, 5.41) is 3.26. The Bertz CT molecular complexity index is 1660. The fourth-order valence-electron chi connectivity index (χ4n) is 5.68. The number of hydrogen-bond donors (Lipinski definition) is 1. The van der Waals surface area contributed by atoms with Gasteiger partial charge in [0.2, 0.25) is 0 Å². The second kappa shape index (κ2) is 10.5. The molecule has 10 nitrogen and oxygen atoms in total. The molecule has 10 heteroatoms. The minimum Gasteiger partial charge on any atom is -0.497 e. The first-order chi connectivity index (χ1) is 19.4. The van der Waals surface area contributed by atoms with E-state index < -0.39 is 0 Å². The predicted molar refractivity (Wildman–Crippen MR) is 148 cm³/mol. The third-order valence-electron chi connectivity index (χ3n) is 7.85. The summed E-state index contributed by atoms with van der Waals surface area (Å²) in [6.07, 6.45) is 2.26. The highest BCUT2D eigenvalue weighted by Crippen LogP contribution is 2.28. The molecule has 2 aromatic carbocycles. The van der Waals surface area contributed by atoms with Crippen LogP contribution >= 0.6 is 0 Å². The zero-order valence-electron chi connectivity index (χ0n) is 22.6. The number of likely N-dealkylation sites (tertiary alicyclic amines) is 1. The number of fused-ring (bicyclic) bond motifs is 2.